The number of ether oxygens (including phenoxy) is 2. The molecule has 1 aromatic rings. The van der Waals surface area contributed by atoms with Gasteiger partial charge in [0.05, 0.1) is 13.7 Å². The van der Waals surface area contributed by atoms with Crippen molar-refractivity contribution in [1.29, 1.82) is 0 Å². The predicted molar refractivity (Wildman–Crippen MR) is 95.8 cm³/mol. The number of hydrogen-bond acceptors (Lipinski definition) is 5. The first-order valence-corrected chi connectivity index (χ1v) is 8.76. The summed E-state index contributed by atoms with van der Waals surface area (Å²) in [5.41, 5.74) is 0.730. The summed E-state index contributed by atoms with van der Waals surface area (Å²) < 4.78 is 10.3. The monoisotopic (exact) mass is 355 g/mol. The molecule has 0 heterocycles. The topological polar surface area (TPSA) is 64.6 Å². The van der Waals surface area contributed by atoms with E-state index in [1.807, 2.05) is 0 Å². The van der Waals surface area contributed by atoms with Crippen LogP contribution >= 0.6 is 11.6 Å². The standard InChI is InChI=1S/C18H26ClNO4/c1-4-16(21)15(7-6-12-19)17(18(22)24-5-2)20-13-8-10-14(23-3)11-9-13/h8-11,15,17,20H,4-7,12H2,1-3H3/t15-,17-/m0/s1. The van der Waals surface area contributed by atoms with E-state index in [0.29, 0.717) is 25.1 Å². The summed E-state index contributed by atoms with van der Waals surface area (Å²) in [5, 5.41) is 3.15. The number of benzene rings is 1. The molecule has 2 atom stereocenters. The first-order chi connectivity index (χ1) is 11.6. The minimum Gasteiger partial charge on any atom is -0.497 e. The number of methoxy groups -OCH3 is 1. The number of ketones is 1. The van der Waals surface area contributed by atoms with Gasteiger partial charge in [-0.1, -0.05) is 6.92 Å². The molecule has 6 heteroatoms. The van der Waals surface area contributed by atoms with Crippen LogP contribution in [0.5, 0.6) is 5.75 Å². The molecule has 0 saturated carbocycles. The van der Waals surface area contributed by atoms with E-state index >= 15 is 0 Å². The van der Waals surface area contributed by atoms with Gasteiger partial charge in [0.15, 0.2) is 0 Å². The molecule has 0 saturated heterocycles. The van der Waals surface area contributed by atoms with Crippen LogP contribution < -0.4 is 10.1 Å². The van der Waals surface area contributed by atoms with E-state index in [4.69, 9.17) is 21.1 Å². The lowest BCUT2D eigenvalue weighted by Crippen LogP contribution is -2.42. The Bertz CT molecular complexity index is 518. The average molecular weight is 356 g/mol. The van der Waals surface area contributed by atoms with Crippen LogP contribution in [0, 0.1) is 5.92 Å². The van der Waals surface area contributed by atoms with Crippen molar-refractivity contribution < 1.29 is 19.1 Å². The fourth-order valence-electron chi connectivity index (χ4n) is 2.50. The highest BCUT2D eigenvalue weighted by atomic mass is 35.5. The number of rotatable bonds is 11. The smallest absolute Gasteiger partial charge is 0.329 e. The van der Waals surface area contributed by atoms with E-state index in [0.717, 1.165) is 11.4 Å². The highest BCUT2D eigenvalue weighted by Gasteiger charge is 2.33. The van der Waals surface area contributed by atoms with Crippen molar-refractivity contribution in [2.45, 2.75) is 39.2 Å². The van der Waals surface area contributed by atoms with Crippen molar-refractivity contribution in [2.24, 2.45) is 5.92 Å². The van der Waals surface area contributed by atoms with Gasteiger partial charge in [-0.05, 0) is 44.0 Å². The van der Waals surface area contributed by atoms with Gasteiger partial charge in [0.25, 0.3) is 0 Å². The number of halogens is 1. The zero-order valence-electron chi connectivity index (χ0n) is 14.5. The second-order valence-electron chi connectivity index (χ2n) is 5.36. The number of Topliss-reactive ketones (excluding diaryl/α,β-unsaturated/α-hetero) is 1. The number of carbonyl (C=O) groups excluding carboxylic acids is 2. The maximum absolute atomic E-state index is 12.4. The van der Waals surface area contributed by atoms with E-state index in [9.17, 15) is 9.59 Å². The number of carbonyl (C=O) groups is 2. The molecule has 24 heavy (non-hydrogen) atoms. The second-order valence-corrected chi connectivity index (χ2v) is 5.74. The molecule has 0 fully saturated rings. The van der Waals surface area contributed by atoms with E-state index in [1.54, 1.807) is 45.2 Å². The molecule has 5 nitrogen and oxygen atoms in total. The van der Waals surface area contributed by atoms with Gasteiger partial charge >= 0.3 is 5.97 Å². The molecule has 134 valence electrons. The van der Waals surface area contributed by atoms with Crippen LogP contribution in [0.4, 0.5) is 5.69 Å². The Labute approximate surface area is 148 Å². The van der Waals surface area contributed by atoms with Crippen molar-refractivity contribution in [3.63, 3.8) is 0 Å². The first-order valence-electron chi connectivity index (χ1n) is 8.23. The zero-order valence-corrected chi connectivity index (χ0v) is 15.3. The van der Waals surface area contributed by atoms with E-state index in [2.05, 4.69) is 5.32 Å². The molecular formula is C18H26ClNO4. The first kappa shape index (κ1) is 20.3. The minimum absolute atomic E-state index is 0.0270. The van der Waals surface area contributed by atoms with Crippen molar-refractivity contribution >= 4 is 29.0 Å². The van der Waals surface area contributed by atoms with Gasteiger partial charge in [-0.25, -0.2) is 4.79 Å². The molecule has 0 spiro atoms. The van der Waals surface area contributed by atoms with Gasteiger partial charge in [-0.15, -0.1) is 11.6 Å². The molecule has 1 aromatic carbocycles. The maximum atomic E-state index is 12.4. The number of esters is 1. The zero-order chi connectivity index (χ0) is 17.9. The molecular weight excluding hydrogens is 330 g/mol. The number of hydrogen-bond donors (Lipinski definition) is 1. The highest BCUT2D eigenvalue weighted by Crippen LogP contribution is 2.23. The summed E-state index contributed by atoms with van der Waals surface area (Å²) >= 11 is 5.77. The molecule has 0 unspecified atom stereocenters. The van der Waals surface area contributed by atoms with Crippen LogP contribution in [0.25, 0.3) is 0 Å². The van der Waals surface area contributed by atoms with E-state index in [-0.39, 0.29) is 12.4 Å². The Balaban J connectivity index is 3.02. The summed E-state index contributed by atoms with van der Waals surface area (Å²) in [6, 6.07) is 6.47. The Morgan fingerprint density at radius 3 is 2.38 bits per heavy atom. The predicted octanol–water partition coefficient (Wildman–Crippen LogP) is 3.65. The van der Waals surface area contributed by atoms with Crippen molar-refractivity contribution in [3.8, 4) is 5.75 Å². The quantitative estimate of drug-likeness (QED) is 0.485. The number of alkyl halides is 1. The second kappa shape index (κ2) is 10.9. The molecule has 0 amide bonds. The van der Waals surface area contributed by atoms with Gasteiger partial charge in [0.2, 0.25) is 0 Å². The van der Waals surface area contributed by atoms with Crippen LogP contribution in [0.3, 0.4) is 0 Å². The third kappa shape index (κ3) is 6.04. The largest absolute Gasteiger partial charge is 0.497 e. The lowest BCUT2D eigenvalue weighted by Gasteiger charge is -2.26. The molecule has 0 aliphatic carbocycles. The molecule has 0 aromatic heterocycles. The van der Waals surface area contributed by atoms with E-state index in [1.165, 1.54) is 0 Å². The molecule has 0 aliphatic heterocycles. The fourth-order valence-corrected chi connectivity index (χ4v) is 2.65. The third-order valence-electron chi connectivity index (χ3n) is 3.77. The van der Waals surface area contributed by atoms with Crippen molar-refractivity contribution in [3.05, 3.63) is 24.3 Å². The van der Waals surface area contributed by atoms with Gasteiger partial charge in [0.1, 0.15) is 17.6 Å². The minimum atomic E-state index is -0.728. The van der Waals surface area contributed by atoms with Crippen LogP contribution in [0.1, 0.15) is 33.1 Å². The van der Waals surface area contributed by atoms with Gasteiger partial charge < -0.3 is 14.8 Å². The lowest BCUT2D eigenvalue weighted by molar-refractivity contribution is -0.147. The van der Waals surface area contributed by atoms with Crippen molar-refractivity contribution in [1.82, 2.24) is 0 Å². The average Bonchev–Trinajstić information content (AvgIpc) is 2.61. The molecule has 1 rings (SSSR count). The maximum Gasteiger partial charge on any atom is 0.329 e. The number of nitrogens with one attached hydrogen (secondary N) is 1. The van der Waals surface area contributed by atoms with Crippen LogP contribution in [0.15, 0.2) is 24.3 Å². The lowest BCUT2D eigenvalue weighted by atomic mass is 9.89. The van der Waals surface area contributed by atoms with Gasteiger partial charge in [0, 0.05) is 23.9 Å². The Morgan fingerprint density at radius 2 is 1.88 bits per heavy atom. The SMILES string of the molecule is CCOC(=O)[C@@H](Nc1ccc(OC)cc1)[C@@H](CCCCl)C(=O)CC. The molecule has 1 N–H and O–H groups in total. The summed E-state index contributed by atoms with van der Waals surface area (Å²) in [6.45, 7) is 3.81. The fraction of sp³-hybridized carbons (Fsp3) is 0.556. The normalized spacial score (nSPS) is 13.0. The molecule has 0 aliphatic rings. The summed E-state index contributed by atoms with van der Waals surface area (Å²) in [6.07, 6.45) is 1.58. The summed E-state index contributed by atoms with van der Waals surface area (Å²) in [7, 11) is 1.59. The third-order valence-corrected chi connectivity index (χ3v) is 4.03. The highest BCUT2D eigenvalue weighted by molar-refractivity contribution is 6.17. The van der Waals surface area contributed by atoms with Gasteiger partial charge in [-0.2, -0.15) is 0 Å². The van der Waals surface area contributed by atoms with Crippen LogP contribution in [0.2, 0.25) is 0 Å². The van der Waals surface area contributed by atoms with E-state index < -0.39 is 17.9 Å². The van der Waals surface area contributed by atoms with Gasteiger partial charge in [-0.3, -0.25) is 4.79 Å². The molecule has 0 radical (unpaired) electrons. The van der Waals surface area contributed by atoms with Crippen LogP contribution in [-0.4, -0.2) is 37.4 Å². The number of anilines is 1. The van der Waals surface area contributed by atoms with Crippen LogP contribution in [-0.2, 0) is 14.3 Å². The molecule has 0 bridgehead atoms. The Kier molecular flexibility index (Phi) is 9.23. The summed E-state index contributed by atoms with van der Waals surface area (Å²) in [5.74, 6) is 0.311. The Morgan fingerprint density at radius 1 is 1.21 bits per heavy atom. The summed E-state index contributed by atoms with van der Waals surface area (Å²) in [4.78, 5) is 24.7. The van der Waals surface area contributed by atoms with Crippen molar-refractivity contribution in [2.75, 3.05) is 24.9 Å². The Hall–Kier alpha value is -1.75.